The van der Waals surface area contributed by atoms with Crippen LogP contribution < -0.4 is 5.32 Å². The van der Waals surface area contributed by atoms with Crippen molar-refractivity contribution < 1.29 is 0 Å². The van der Waals surface area contributed by atoms with Crippen molar-refractivity contribution in [2.24, 2.45) is 5.92 Å². The summed E-state index contributed by atoms with van der Waals surface area (Å²) in [6.07, 6.45) is 2.57. The lowest BCUT2D eigenvalue weighted by Gasteiger charge is -2.24. The monoisotopic (exact) mass is 198 g/mol. The summed E-state index contributed by atoms with van der Waals surface area (Å²) >= 11 is 0. The van der Waals surface area contributed by atoms with Crippen LogP contribution >= 0.6 is 0 Å². The quantitative estimate of drug-likeness (QED) is 0.744. The van der Waals surface area contributed by atoms with Crippen LogP contribution in [0.4, 0.5) is 0 Å². The summed E-state index contributed by atoms with van der Waals surface area (Å²) in [4.78, 5) is 2.45. The predicted octanol–water partition coefficient (Wildman–Crippen LogP) is 2.10. The van der Waals surface area contributed by atoms with Gasteiger partial charge < -0.3 is 10.2 Å². The van der Waals surface area contributed by atoms with Crippen LogP contribution in [0.2, 0.25) is 0 Å². The zero-order valence-electron chi connectivity index (χ0n) is 10.4. The second kappa shape index (κ2) is 5.13. The van der Waals surface area contributed by atoms with Crippen LogP contribution in [0.5, 0.6) is 0 Å². The van der Waals surface area contributed by atoms with Crippen molar-refractivity contribution in [1.29, 1.82) is 0 Å². The number of hydrogen-bond acceptors (Lipinski definition) is 2. The number of rotatable bonds is 4. The van der Waals surface area contributed by atoms with Crippen molar-refractivity contribution in [2.45, 2.75) is 58.7 Å². The molecule has 0 amide bonds. The van der Waals surface area contributed by atoms with Crippen molar-refractivity contribution in [3.05, 3.63) is 0 Å². The zero-order valence-corrected chi connectivity index (χ0v) is 10.4. The second-order valence-corrected chi connectivity index (χ2v) is 5.06. The van der Waals surface area contributed by atoms with Crippen LogP contribution in [0.1, 0.15) is 40.5 Å². The molecule has 1 N–H and O–H groups in total. The minimum atomic E-state index is 0.656. The lowest BCUT2D eigenvalue weighted by Crippen LogP contribution is -2.41. The topological polar surface area (TPSA) is 15.3 Å². The lowest BCUT2D eigenvalue weighted by atomic mass is 9.99. The van der Waals surface area contributed by atoms with Gasteiger partial charge in [0.1, 0.15) is 0 Å². The van der Waals surface area contributed by atoms with Crippen molar-refractivity contribution in [3.8, 4) is 0 Å². The number of hydrogen-bond donors (Lipinski definition) is 1. The summed E-state index contributed by atoms with van der Waals surface area (Å²) in [6, 6.07) is 2.11. The Kier molecular flexibility index (Phi) is 4.39. The Balaban J connectivity index is 2.31. The van der Waals surface area contributed by atoms with E-state index >= 15 is 0 Å². The molecule has 1 aliphatic heterocycles. The summed E-state index contributed by atoms with van der Waals surface area (Å²) in [6.45, 7) is 10.4. The fraction of sp³-hybridized carbons (Fsp3) is 1.00. The van der Waals surface area contributed by atoms with E-state index in [1.807, 2.05) is 0 Å². The van der Waals surface area contributed by atoms with Crippen LogP contribution in [0.15, 0.2) is 0 Å². The molecule has 4 atom stereocenters. The molecule has 1 saturated heterocycles. The first-order valence-electron chi connectivity index (χ1n) is 6.00. The van der Waals surface area contributed by atoms with Crippen molar-refractivity contribution >= 4 is 0 Å². The highest BCUT2D eigenvalue weighted by Crippen LogP contribution is 2.17. The molecular weight excluding hydrogens is 172 g/mol. The third-order valence-electron chi connectivity index (χ3n) is 3.88. The smallest absolute Gasteiger partial charge is 0.0212 e. The van der Waals surface area contributed by atoms with Crippen LogP contribution in [0, 0.1) is 5.92 Å². The first kappa shape index (κ1) is 12.0. The van der Waals surface area contributed by atoms with Crippen molar-refractivity contribution in [2.75, 3.05) is 13.6 Å². The molecule has 0 radical (unpaired) electrons. The summed E-state index contributed by atoms with van der Waals surface area (Å²) < 4.78 is 0. The minimum absolute atomic E-state index is 0.656. The minimum Gasteiger partial charge on any atom is -0.310 e. The van der Waals surface area contributed by atoms with E-state index in [-0.39, 0.29) is 0 Å². The van der Waals surface area contributed by atoms with E-state index in [9.17, 15) is 0 Å². The molecule has 14 heavy (non-hydrogen) atoms. The number of likely N-dealkylation sites (tertiary alicyclic amines) is 1. The molecule has 2 heteroatoms. The van der Waals surface area contributed by atoms with Gasteiger partial charge in [-0.1, -0.05) is 20.3 Å². The molecule has 0 saturated carbocycles. The van der Waals surface area contributed by atoms with Gasteiger partial charge in [0.05, 0.1) is 0 Å². The molecule has 0 aromatic carbocycles. The molecular formula is C12H26N2. The Morgan fingerprint density at radius 1 is 1.43 bits per heavy atom. The molecule has 2 nitrogen and oxygen atoms in total. The average molecular weight is 198 g/mol. The molecule has 1 fully saturated rings. The highest BCUT2D eigenvalue weighted by atomic mass is 15.2. The van der Waals surface area contributed by atoms with Crippen LogP contribution in [-0.4, -0.2) is 36.6 Å². The van der Waals surface area contributed by atoms with E-state index in [4.69, 9.17) is 0 Å². The van der Waals surface area contributed by atoms with E-state index in [1.54, 1.807) is 0 Å². The first-order valence-corrected chi connectivity index (χ1v) is 6.00. The van der Waals surface area contributed by atoms with E-state index in [0.29, 0.717) is 12.1 Å². The van der Waals surface area contributed by atoms with E-state index in [0.717, 1.165) is 12.0 Å². The van der Waals surface area contributed by atoms with Gasteiger partial charge in [-0.2, -0.15) is 0 Å². The van der Waals surface area contributed by atoms with E-state index < -0.39 is 0 Å². The Hall–Kier alpha value is -0.0800. The highest BCUT2D eigenvalue weighted by Gasteiger charge is 2.27. The van der Waals surface area contributed by atoms with Gasteiger partial charge in [-0.25, -0.2) is 0 Å². The number of likely N-dealkylation sites (N-methyl/N-ethyl adjacent to an activating group) is 1. The molecule has 84 valence electrons. The van der Waals surface area contributed by atoms with Gasteiger partial charge in [0.2, 0.25) is 0 Å². The predicted molar refractivity (Wildman–Crippen MR) is 62.5 cm³/mol. The van der Waals surface area contributed by atoms with Gasteiger partial charge in [0.15, 0.2) is 0 Å². The maximum absolute atomic E-state index is 3.75. The Morgan fingerprint density at radius 3 is 2.50 bits per heavy atom. The summed E-state index contributed by atoms with van der Waals surface area (Å²) in [5.41, 5.74) is 0. The van der Waals surface area contributed by atoms with Crippen LogP contribution in [-0.2, 0) is 0 Å². The fourth-order valence-electron chi connectivity index (χ4n) is 2.20. The summed E-state index contributed by atoms with van der Waals surface area (Å²) in [5, 5.41) is 3.75. The van der Waals surface area contributed by atoms with Crippen LogP contribution in [0.3, 0.4) is 0 Å². The maximum atomic E-state index is 3.75. The third kappa shape index (κ3) is 2.96. The van der Waals surface area contributed by atoms with Crippen molar-refractivity contribution in [3.63, 3.8) is 0 Å². The molecule has 0 aromatic heterocycles. The number of nitrogens with one attached hydrogen (secondary N) is 1. The normalized spacial score (nSPS) is 33.2. The largest absolute Gasteiger partial charge is 0.310 e. The van der Waals surface area contributed by atoms with Gasteiger partial charge >= 0.3 is 0 Å². The highest BCUT2D eigenvalue weighted by molar-refractivity contribution is 4.87. The lowest BCUT2D eigenvalue weighted by molar-refractivity contribution is 0.316. The van der Waals surface area contributed by atoms with E-state index in [1.165, 1.54) is 19.4 Å². The molecule has 1 aliphatic rings. The van der Waals surface area contributed by atoms with Gasteiger partial charge in [-0.3, -0.25) is 0 Å². The molecule has 1 rings (SSSR count). The molecule has 1 heterocycles. The zero-order chi connectivity index (χ0) is 10.7. The molecule has 0 aliphatic carbocycles. The van der Waals surface area contributed by atoms with Crippen LogP contribution in [0.25, 0.3) is 0 Å². The Labute approximate surface area is 89.1 Å². The molecule has 0 spiro atoms. The second-order valence-electron chi connectivity index (χ2n) is 5.06. The van der Waals surface area contributed by atoms with Gasteiger partial charge in [0.25, 0.3) is 0 Å². The fourth-order valence-corrected chi connectivity index (χ4v) is 2.20. The Bertz CT molecular complexity index is 160. The average Bonchev–Trinajstić information content (AvgIpc) is 2.44. The number of nitrogens with zero attached hydrogens (tertiary/aromatic N) is 1. The van der Waals surface area contributed by atoms with Gasteiger partial charge in [-0.05, 0) is 33.2 Å². The van der Waals surface area contributed by atoms with Gasteiger partial charge in [-0.15, -0.1) is 0 Å². The standard InChI is InChI=1S/C12H26N2/c1-6-9(2)11(4)13-12-7-10(3)14(5)8-12/h9-13H,6-8H2,1-5H3. The third-order valence-corrected chi connectivity index (χ3v) is 3.88. The summed E-state index contributed by atoms with van der Waals surface area (Å²) in [7, 11) is 2.22. The summed E-state index contributed by atoms with van der Waals surface area (Å²) in [5.74, 6) is 0.788. The van der Waals surface area contributed by atoms with E-state index in [2.05, 4.69) is 45.0 Å². The first-order chi connectivity index (χ1) is 6.54. The molecule has 0 aromatic rings. The molecule has 4 unspecified atom stereocenters. The SMILES string of the molecule is CCC(C)C(C)NC1CC(C)N(C)C1. The van der Waals surface area contributed by atoms with Gasteiger partial charge in [0, 0.05) is 24.7 Å². The van der Waals surface area contributed by atoms with Crippen molar-refractivity contribution in [1.82, 2.24) is 10.2 Å². The maximum Gasteiger partial charge on any atom is 0.0212 e. The Morgan fingerprint density at radius 2 is 2.07 bits per heavy atom. The molecule has 0 bridgehead atoms.